The van der Waals surface area contributed by atoms with Crippen molar-refractivity contribution >= 4 is 77.0 Å². The summed E-state index contributed by atoms with van der Waals surface area (Å²) in [5.74, 6) is 0. The molecule has 1 atom stereocenters. The van der Waals surface area contributed by atoms with Gasteiger partial charge in [0.25, 0.3) is 0 Å². The summed E-state index contributed by atoms with van der Waals surface area (Å²) in [6, 6.07) is 81.1. The minimum atomic E-state index is -0.283. The van der Waals surface area contributed by atoms with Crippen molar-refractivity contribution in [3.63, 3.8) is 0 Å². The molecule has 0 radical (unpaired) electrons. The van der Waals surface area contributed by atoms with Crippen molar-refractivity contribution in [3.05, 3.63) is 253 Å². The number of hydrogen-bond donors (Lipinski definition) is 1. The molecule has 0 saturated carbocycles. The highest BCUT2D eigenvalue weighted by molar-refractivity contribution is 6.28. The summed E-state index contributed by atoms with van der Waals surface area (Å²) in [4.78, 5) is 10.7. The van der Waals surface area contributed by atoms with Crippen molar-refractivity contribution in [2.75, 3.05) is 0 Å². The summed E-state index contributed by atoms with van der Waals surface area (Å²) in [7, 11) is 0. The van der Waals surface area contributed by atoms with Crippen LogP contribution >= 0.6 is 0 Å². The average molecular weight is 896 g/mol. The summed E-state index contributed by atoms with van der Waals surface area (Å²) in [6.45, 7) is 0. The van der Waals surface area contributed by atoms with E-state index in [-0.39, 0.29) is 6.17 Å². The molecule has 70 heavy (non-hydrogen) atoms. The van der Waals surface area contributed by atoms with Crippen LogP contribution in [0.2, 0.25) is 0 Å². The van der Waals surface area contributed by atoms with E-state index in [1.807, 2.05) is 24.3 Å². The predicted molar refractivity (Wildman–Crippen MR) is 289 cm³/mol. The smallest absolute Gasteiger partial charge is 0.145 e. The molecule has 328 valence electrons. The summed E-state index contributed by atoms with van der Waals surface area (Å²) in [6.07, 6.45) is 1.90. The number of aliphatic imine (C=N–C) groups is 1. The molecule has 0 aliphatic carbocycles. The molecule has 0 amide bonds. The molecule has 4 heterocycles. The lowest BCUT2D eigenvalue weighted by molar-refractivity contribution is 0.664. The fraction of sp³-hybridized carbons (Fsp3) is 0.0154. The molecule has 3 aromatic heterocycles. The lowest BCUT2D eigenvalue weighted by Crippen LogP contribution is -2.24. The predicted octanol–water partition coefficient (Wildman–Crippen LogP) is 17.0. The Morgan fingerprint density at radius 1 is 0.386 bits per heavy atom. The first-order chi connectivity index (χ1) is 34.7. The van der Waals surface area contributed by atoms with Gasteiger partial charge in [0.1, 0.15) is 28.5 Å². The Kier molecular flexibility index (Phi) is 9.20. The van der Waals surface area contributed by atoms with Crippen LogP contribution < -0.4 is 5.32 Å². The van der Waals surface area contributed by atoms with Gasteiger partial charge in [0.15, 0.2) is 0 Å². The summed E-state index contributed by atoms with van der Waals surface area (Å²) >= 11 is 0. The van der Waals surface area contributed by atoms with E-state index in [2.05, 4.69) is 218 Å². The maximum atomic E-state index is 6.63. The first-order valence-corrected chi connectivity index (χ1v) is 23.7. The van der Waals surface area contributed by atoms with Crippen LogP contribution in [0.25, 0.3) is 116 Å². The molecule has 14 rings (SSSR count). The Bertz CT molecular complexity index is 4260. The Balaban J connectivity index is 0.855. The largest absolute Gasteiger partial charge is 0.456 e. The minimum absolute atomic E-state index is 0.283. The van der Waals surface area contributed by atoms with E-state index < -0.39 is 0 Å². The Hall–Kier alpha value is -9.32. The third-order valence-corrected chi connectivity index (χ3v) is 13.9. The Labute approximate surface area is 403 Å². The van der Waals surface area contributed by atoms with Crippen LogP contribution in [-0.2, 0) is 0 Å². The molecule has 0 spiro atoms. The van der Waals surface area contributed by atoms with Gasteiger partial charge in [-0.05, 0) is 75.9 Å². The van der Waals surface area contributed by atoms with Crippen LogP contribution in [0.4, 0.5) is 0 Å². The van der Waals surface area contributed by atoms with Crippen LogP contribution in [0.3, 0.4) is 0 Å². The standard InChI is InChI=1S/C65H41N3O2/c1-3-16-41(17-4-1)60-61-51-25-7-10-29-54(51)66-63(53(61)38-59-62(60)52-26-9-12-31-58(52)69-59)42-34-32-40(33-35-42)44-20-13-22-46(36-44)55-39-56(68-65(67-55)43-18-5-2-6-19-43)47-23-14-21-45(37-47)48-27-15-28-50-49-24-8-11-30-57(49)70-64(48)50/h1-39,65,67H. The van der Waals surface area contributed by atoms with Gasteiger partial charge in [-0.25, -0.2) is 4.98 Å². The van der Waals surface area contributed by atoms with Crippen molar-refractivity contribution in [1.29, 1.82) is 0 Å². The number of nitrogens with zero attached hydrogens (tertiary/aromatic N) is 2. The fourth-order valence-electron chi connectivity index (χ4n) is 10.6. The number of nitrogens with one attached hydrogen (secondary N) is 1. The van der Waals surface area contributed by atoms with Crippen molar-refractivity contribution in [2.45, 2.75) is 6.17 Å². The number of para-hydroxylation sites is 4. The number of fused-ring (bicyclic) bond motifs is 9. The highest BCUT2D eigenvalue weighted by atomic mass is 16.3. The Morgan fingerprint density at radius 3 is 1.83 bits per heavy atom. The molecule has 10 aromatic carbocycles. The van der Waals surface area contributed by atoms with Gasteiger partial charge in [-0.2, -0.15) is 0 Å². The highest BCUT2D eigenvalue weighted by Gasteiger charge is 2.23. The number of rotatable bonds is 7. The molecule has 13 aromatic rings. The topological polar surface area (TPSA) is 63.6 Å². The van der Waals surface area contributed by atoms with Crippen molar-refractivity contribution in [3.8, 4) is 44.6 Å². The molecule has 1 unspecified atom stereocenters. The summed E-state index contributed by atoms with van der Waals surface area (Å²) in [5.41, 5.74) is 18.1. The zero-order valence-electron chi connectivity index (χ0n) is 37.8. The van der Waals surface area contributed by atoms with E-state index >= 15 is 0 Å². The van der Waals surface area contributed by atoms with E-state index in [4.69, 9.17) is 18.8 Å². The maximum absolute atomic E-state index is 6.63. The number of benzene rings is 10. The van der Waals surface area contributed by atoms with E-state index in [1.54, 1.807) is 0 Å². The van der Waals surface area contributed by atoms with Crippen molar-refractivity contribution < 1.29 is 8.83 Å². The number of hydrogen-bond acceptors (Lipinski definition) is 5. The molecule has 0 bridgehead atoms. The first kappa shape index (κ1) is 39.8. The van der Waals surface area contributed by atoms with Crippen LogP contribution in [0.5, 0.6) is 0 Å². The van der Waals surface area contributed by atoms with E-state index in [1.165, 1.54) is 5.39 Å². The zero-order valence-corrected chi connectivity index (χ0v) is 37.8. The van der Waals surface area contributed by atoms with E-state index in [0.717, 1.165) is 133 Å². The molecule has 1 aliphatic rings. The second-order valence-electron chi connectivity index (χ2n) is 18.0. The van der Waals surface area contributed by atoms with Crippen LogP contribution in [0, 0.1) is 0 Å². The molecule has 5 heteroatoms. The number of aromatic nitrogens is 1. The van der Waals surface area contributed by atoms with E-state index in [0.29, 0.717) is 0 Å². The lowest BCUT2D eigenvalue weighted by atomic mass is 9.89. The maximum Gasteiger partial charge on any atom is 0.145 e. The van der Waals surface area contributed by atoms with Crippen molar-refractivity contribution in [1.82, 2.24) is 10.3 Å². The fourth-order valence-corrected chi connectivity index (χ4v) is 10.6. The lowest BCUT2D eigenvalue weighted by Gasteiger charge is -2.25. The molecule has 0 fully saturated rings. The second kappa shape index (κ2) is 16.2. The molecular weight excluding hydrogens is 855 g/mol. The van der Waals surface area contributed by atoms with Gasteiger partial charge in [-0.1, -0.05) is 194 Å². The number of allylic oxidation sites excluding steroid dienone is 1. The van der Waals surface area contributed by atoms with Crippen LogP contribution in [-0.4, -0.2) is 10.7 Å². The van der Waals surface area contributed by atoms with Gasteiger partial charge < -0.3 is 14.2 Å². The monoisotopic (exact) mass is 895 g/mol. The Morgan fingerprint density at radius 2 is 1.00 bits per heavy atom. The van der Waals surface area contributed by atoms with Gasteiger partial charge in [0.2, 0.25) is 0 Å². The van der Waals surface area contributed by atoms with Gasteiger partial charge in [-0.15, -0.1) is 0 Å². The number of pyridine rings is 1. The summed E-state index contributed by atoms with van der Waals surface area (Å²) in [5, 5.41) is 11.6. The summed E-state index contributed by atoms with van der Waals surface area (Å²) < 4.78 is 13.1. The second-order valence-corrected chi connectivity index (χ2v) is 18.0. The quantitative estimate of drug-likeness (QED) is 0.162. The first-order valence-electron chi connectivity index (χ1n) is 23.7. The van der Waals surface area contributed by atoms with Crippen LogP contribution in [0.1, 0.15) is 22.9 Å². The third-order valence-electron chi connectivity index (χ3n) is 13.9. The number of furan rings is 2. The molecule has 1 aliphatic heterocycles. The molecule has 5 nitrogen and oxygen atoms in total. The van der Waals surface area contributed by atoms with Gasteiger partial charge in [0.05, 0.1) is 16.9 Å². The van der Waals surface area contributed by atoms with Gasteiger partial charge in [-0.3, -0.25) is 4.99 Å². The minimum Gasteiger partial charge on any atom is -0.456 e. The zero-order chi connectivity index (χ0) is 46.1. The van der Waals surface area contributed by atoms with Crippen LogP contribution in [0.15, 0.2) is 250 Å². The molecule has 1 N–H and O–H groups in total. The van der Waals surface area contributed by atoms with E-state index in [9.17, 15) is 0 Å². The third kappa shape index (κ3) is 6.62. The average Bonchev–Trinajstić information content (AvgIpc) is 4.01. The molecular formula is C65H41N3O2. The SMILES string of the molecule is C1=C(c2cccc(-c3ccc(-c4nc5ccccc5c5c(-c6ccccc6)c6c(cc45)oc4ccccc46)cc3)c2)NC(c2ccccc2)N=C1c1cccc(-c2cccc3c2oc2ccccc23)c1. The normalized spacial score (nSPS) is 13.9. The molecule has 0 saturated heterocycles. The van der Waals surface area contributed by atoms with Gasteiger partial charge >= 0.3 is 0 Å². The highest BCUT2D eigenvalue weighted by Crippen LogP contribution is 2.46. The van der Waals surface area contributed by atoms with Crippen molar-refractivity contribution in [2.24, 2.45) is 4.99 Å². The van der Waals surface area contributed by atoms with Gasteiger partial charge in [0, 0.05) is 65.7 Å².